The fourth-order valence-corrected chi connectivity index (χ4v) is 6.42. The van der Waals surface area contributed by atoms with E-state index in [1.165, 1.54) is 51.9 Å². The summed E-state index contributed by atoms with van der Waals surface area (Å²) < 4.78 is 42.4. The van der Waals surface area contributed by atoms with Crippen molar-refractivity contribution in [3.8, 4) is 11.4 Å². The first-order valence-electron chi connectivity index (χ1n) is 13.3. The second kappa shape index (κ2) is 13.5. The van der Waals surface area contributed by atoms with E-state index in [4.69, 9.17) is 11.6 Å². The molecule has 0 bridgehead atoms. The van der Waals surface area contributed by atoms with Crippen LogP contribution in [0.2, 0.25) is 5.02 Å². The highest BCUT2D eigenvalue weighted by Crippen LogP contribution is 2.34. The van der Waals surface area contributed by atoms with Crippen LogP contribution in [0, 0.1) is 6.92 Å². The summed E-state index contributed by atoms with van der Waals surface area (Å²) in [6, 6.07) is 15.5. The number of amidine groups is 1. The van der Waals surface area contributed by atoms with Crippen LogP contribution >= 0.6 is 31.3 Å². The van der Waals surface area contributed by atoms with Gasteiger partial charge in [-0.05, 0) is 79.1 Å². The maximum Gasteiger partial charge on any atom is 0.573 e. The molecule has 0 unspecified atom stereocenters. The molecule has 45 heavy (non-hydrogen) atoms. The van der Waals surface area contributed by atoms with E-state index >= 15 is 0 Å². The first-order chi connectivity index (χ1) is 21.4. The number of rotatable bonds is 8. The summed E-state index contributed by atoms with van der Waals surface area (Å²) in [6.07, 6.45) is -3.37. The third kappa shape index (κ3) is 8.13. The quantitative estimate of drug-likeness (QED) is 0.198. The number of halogens is 4. The Hall–Kier alpha value is -4.13. The molecule has 10 nitrogen and oxygen atoms in total. The lowest BCUT2D eigenvalue weighted by atomic mass is 10.2. The number of anilines is 3. The number of benzene rings is 3. The van der Waals surface area contributed by atoms with Gasteiger partial charge in [0.05, 0.1) is 17.1 Å². The van der Waals surface area contributed by atoms with E-state index in [1.807, 2.05) is 25.1 Å². The fourth-order valence-electron chi connectivity index (χ4n) is 4.32. The number of ether oxygens (including phenoxy) is 1. The van der Waals surface area contributed by atoms with Crippen LogP contribution in [0.1, 0.15) is 11.1 Å². The van der Waals surface area contributed by atoms with Gasteiger partial charge in [-0.15, -0.1) is 18.3 Å². The van der Waals surface area contributed by atoms with Crippen LogP contribution < -0.4 is 25.6 Å². The van der Waals surface area contributed by atoms with Crippen molar-refractivity contribution in [2.75, 3.05) is 34.6 Å². The van der Waals surface area contributed by atoms with Crippen molar-refractivity contribution in [1.82, 2.24) is 14.8 Å². The van der Waals surface area contributed by atoms with Gasteiger partial charge in [0.25, 0.3) is 0 Å². The Labute approximate surface area is 266 Å². The number of aliphatic imine (C=N–C) groups is 1. The van der Waals surface area contributed by atoms with Crippen LogP contribution in [0.25, 0.3) is 5.69 Å². The number of urea groups is 1. The minimum atomic E-state index is -4.77. The zero-order valence-electron chi connectivity index (χ0n) is 24.1. The monoisotopic (exact) mass is 675 g/mol. The predicted octanol–water partition coefficient (Wildman–Crippen LogP) is 6.77. The Morgan fingerprint density at radius 3 is 2.58 bits per heavy atom. The summed E-state index contributed by atoms with van der Waals surface area (Å²) in [4.78, 5) is 35.6. The summed E-state index contributed by atoms with van der Waals surface area (Å²) in [5, 5.41) is 11.7. The number of alkyl halides is 3. The van der Waals surface area contributed by atoms with Crippen LogP contribution in [0.4, 0.5) is 35.3 Å². The summed E-state index contributed by atoms with van der Waals surface area (Å²) in [7, 11) is -0.506. The maximum atomic E-state index is 12.9. The van der Waals surface area contributed by atoms with Crippen molar-refractivity contribution in [1.29, 1.82) is 0 Å². The summed E-state index contributed by atoms with van der Waals surface area (Å²) in [5.41, 5.74) is 3.34. The van der Waals surface area contributed by atoms with Crippen LogP contribution in [0.15, 0.2) is 72.0 Å². The molecule has 3 aromatic carbocycles. The van der Waals surface area contributed by atoms with Gasteiger partial charge in [0.1, 0.15) is 12.1 Å². The lowest BCUT2D eigenvalue weighted by Crippen LogP contribution is -2.33. The van der Waals surface area contributed by atoms with Gasteiger partial charge in [0, 0.05) is 17.3 Å². The van der Waals surface area contributed by atoms with E-state index in [1.54, 1.807) is 18.2 Å². The third-order valence-electron chi connectivity index (χ3n) is 6.38. The zero-order valence-corrected chi connectivity index (χ0v) is 26.6. The van der Waals surface area contributed by atoms with Gasteiger partial charge in [-0.3, -0.25) is 9.69 Å². The summed E-state index contributed by atoms with van der Waals surface area (Å²) in [5.74, 6) is -0.0280. The molecule has 2 heterocycles. The Balaban J connectivity index is 1.21. The molecule has 1 saturated heterocycles. The average molecular weight is 676 g/mol. The Kier molecular flexibility index (Phi) is 9.66. The number of hydrogen-bond acceptors (Lipinski definition) is 7. The normalized spacial score (nSPS) is 14.4. The molecule has 2 N–H and O–H groups in total. The number of amides is 3. The molecule has 0 aliphatic carbocycles. The maximum absolute atomic E-state index is 12.9. The van der Waals surface area contributed by atoms with Crippen molar-refractivity contribution < 1.29 is 27.5 Å². The highest BCUT2D eigenvalue weighted by atomic mass is 35.5. The van der Waals surface area contributed by atoms with E-state index in [9.17, 15) is 22.8 Å². The molecule has 1 aromatic heterocycles. The van der Waals surface area contributed by atoms with E-state index in [-0.39, 0.29) is 29.9 Å². The van der Waals surface area contributed by atoms with E-state index in [0.29, 0.717) is 27.1 Å². The van der Waals surface area contributed by atoms with E-state index in [0.717, 1.165) is 16.6 Å². The Morgan fingerprint density at radius 2 is 1.89 bits per heavy atom. The van der Waals surface area contributed by atoms with Gasteiger partial charge in [0.15, 0.2) is 5.17 Å². The molecule has 0 atom stereocenters. The number of carbonyl (C=O) groups is 2. The van der Waals surface area contributed by atoms with Gasteiger partial charge in [-0.25, -0.2) is 14.5 Å². The smallest absolute Gasteiger partial charge is 0.406 e. The molecule has 1 fully saturated rings. The number of hydrogen-bond donors (Lipinski definition) is 2. The molecule has 234 valence electrons. The van der Waals surface area contributed by atoms with Crippen molar-refractivity contribution in [2.24, 2.45) is 4.99 Å². The summed E-state index contributed by atoms with van der Waals surface area (Å²) in [6.45, 7) is 6.42. The molecular weight excluding hydrogens is 650 g/mol. The Bertz CT molecular complexity index is 1770. The molecule has 1 aliphatic rings. The first-order valence-corrected chi connectivity index (χ1v) is 16.9. The number of nitrogens with one attached hydrogen (secondary N) is 2. The van der Waals surface area contributed by atoms with Crippen LogP contribution in [-0.2, 0) is 11.3 Å². The van der Waals surface area contributed by atoms with E-state index < -0.39 is 20.3 Å². The second-order valence-corrected chi connectivity index (χ2v) is 13.6. The lowest BCUT2D eigenvalue weighted by Gasteiger charge is -2.22. The number of nitrogens with zero attached hydrogens (tertiary/aromatic N) is 5. The molecule has 16 heteroatoms. The molecule has 3 amide bonds. The number of carbonyl (C=O) groups excluding carboxylic acids is 2. The third-order valence-corrected chi connectivity index (χ3v) is 9.00. The minimum Gasteiger partial charge on any atom is -0.406 e. The Morgan fingerprint density at radius 1 is 1.13 bits per heavy atom. The molecule has 5 rings (SSSR count). The molecule has 1 aliphatic heterocycles. The molecule has 0 radical (unpaired) electrons. The number of aryl methyl sites for hydroxylation is 1. The van der Waals surface area contributed by atoms with Gasteiger partial charge < -0.3 is 15.4 Å². The second-order valence-electron chi connectivity index (χ2n) is 9.94. The topological polar surface area (TPSA) is 114 Å². The predicted molar refractivity (Wildman–Crippen MR) is 173 cm³/mol. The average Bonchev–Trinajstić information content (AvgIpc) is 3.58. The number of aromatic nitrogens is 3. The van der Waals surface area contributed by atoms with Gasteiger partial charge >= 0.3 is 12.4 Å². The van der Waals surface area contributed by atoms with Crippen LogP contribution in [0.3, 0.4) is 0 Å². The lowest BCUT2D eigenvalue weighted by molar-refractivity contribution is -0.274. The fraction of sp³-hybridized carbons (Fsp3) is 0.207. The van der Waals surface area contributed by atoms with E-state index in [2.05, 4.69) is 43.8 Å². The zero-order chi connectivity index (χ0) is 32.3. The van der Waals surface area contributed by atoms with Gasteiger partial charge in [0.2, 0.25) is 11.9 Å². The van der Waals surface area contributed by atoms with Gasteiger partial charge in [-0.1, -0.05) is 49.5 Å². The highest BCUT2D eigenvalue weighted by molar-refractivity contribution is 8.15. The van der Waals surface area contributed by atoms with Crippen molar-refractivity contribution in [3.63, 3.8) is 0 Å². The molecule has 0 spiro atoms. The standard InChI is InChI=1S/C29H26ClF3N7O3PS/c1-17-4-11-24(44(2)3)23(12-17)40-25(41)15-45-28(40)37-27(42)36-19-6-5-18(22(30)13-19)14-34-26-35-16-39(38-26)20-7-9-21(10-8-20)43-29(31,32)33/h4-13,16H,14-15H2,1-3H3,(H,34,38)(H,36,42)/b37-28-. The van der Waals surface area contributed by atoms with Crippen molar-refractivity contribution >= 4 is 71.0 Å². The van der Waals surface area contributed by atoms with Gasteiger partial charge in [-0.2, -0.15) is 4.99 Å². The van der Waals surface area contributed by atoms with Crippen molar-refractivity contribution in [2.45, 2.75) is 19.8 Å². The molecule has 0 saturated carbocycles. The molecular formula is C29H26ClF3N7O3PS. The first kappa shape index (κ1) is 32.3. The summed E-state index contributed by atoms with van der Waals surface area (Å²) >= 11 is 7.68. The van der Waals surface area contributed by atoms with Crippen molar-refractivity contribution in [3.05, 3.63) is 83.1 Å². The minimum absolute atomic E-state index is 0.136. The number of thioether (sulfide) groups is 1. The SMILES string of the molecule is Cc1ccc(P(C)C)c(N2C(=O)CS/C2=N\C(=O)Nc2ccc(CNc3ncn(-c4ccc(OC(F)(F)F)cc4)n3)c(Cl)c2)c1. The van der Waals surface area contributed by atoms with Crippen LogP contribution in [0.5, 0.6) is 5.75 Å². The van der Waals surface area contributed by atoms with Crippen LogP contribution in [-0.4, -0.2) is 57.3 Å². The highest BCUT2D eigenvalue weighted by Gasteiger charge is 2.33. The largest absolute Gasteiger partial charge is 0.573 e. The molecule has 4 aromatic rings.